The lowest BCUT2D eigenvalue weighted by Crippen LogP contribution is -2.41. The van der Waals surface area contributed by atoms with Gasteiger partial charge in [0.15, 0.2) is 0 Å². The Morgan fingerprint density at radius 2 is 1.77 bits per heavy atom. The van der Waals surface area contributed by atoms with Crippen LogP contribution in [0.4, 0.5) is 0 Å². The van der Waals surface area contributed by atoms with Gasteiger partial charge < -0.3 is 0 Å². The molecule has 0 radical (unpaired) electrons. The van der Waals surface area contributed by atoms with Gasteiger partial charge in [0.05, 0.1) is 12.1 Å². The molecule has 0 bridgehead atoms. The smallest absolute Gasteiger partial charge is 0.0995 e. The molecule has 1 rings (SSSR count). The highest BCUT2D eigenvalue weighted by atomic mass is 15.6. The Kier molecular flexibility index (Phi) is 2.64. The maximum atomic E-state index is 4.34. The number of hydrogen-bond acceptors (Lipinski definition) is 3. The summed E-state index contributed by atoms with van der Waals surface area (Å²) >= 11 is 0. The summed E-state index contributed by atoms with van der Waals surface area (Å²) < 4.78 is 0. The first-order chi connectivity index (χ1) is 5.84. The van der Waals surface area contributed by atoms with Gasteiger partial charge >= 0.3 is 0 Å². The largest absolute Gasteiger partial charge is 0.271 e. The van der Waals surface area contributed by atoms with Gasteiger partial charge in [0, 0.05) is 6.04 Å². The van der Waals surface area contributed by atoms with Crippen LogP contribution in [0.5, 0.6) is 0 Å². The second-order valence-electron chi connectivity index (χ2n) is 5.23. The van der Waals surface area contributed by atoms with E-state index in [1.54, 1.807) is 0 Å². The van der Waals surface area contributed by atoms with E-state index in [1.165, 1.54) is 0 Å². The van der Waals surface area contributed by atoms with Gasteiger partial charge in [-0.15, -0.1) is 0 Å². The van der Waals surface area contributed by atoms with Crippen LogP contribution < -0.4 is 0 Å². The minimum Gasteiger partial charge on any atom is -0.271 e. The van der Waals surface area contributed by atoms with Crippen molar-refractivity contribution < 1.29 is 0 Å². The molecular weight excluding hydrogens is 162 g/mol. The maximum Gasteiger partial charge on any atom is 0.0995 e. The molecule has 3 nitrogen and oxygen atoms in total. The molecule has 76 valence electrons. The molecule has 2 atom stereocenters. The second-order valence-corrected chi connectivity index (χ2v) is 5.23. The topological polar surface area (TPSA) is 28.0 Å². The molecule has 13 heavy (non-hydrogen) atoms. The monoisotopic (exact) mass is 183 g/mol. The standard InChI is InChI=1S/C10H21N3/c1-7(2)13-8(3)9(11-12-13)10(4,5)6/h7-9H,1-6H3. The van der Waals surface area contributed by atoms with E-state index >= 15 is 0 Å². The lowest BCUT2D eigenvalue weighted by molar-refractivity contribution is 0.154. The van der Waals surface area contributed by atoms with Crippen molar-refractivity contribution in [2.45, 2.75) is 59.7 Å². The van der Waals surface area contributed by atoms with Crippen molar-refractivity contribution in [1.82, 2.24) is 5.01 Å². The predicted octanol–water partition coefficient (Wildman–Crippen LogP) is 2.88. The van der Waals surface area contributed by atoms with E-state index in [1.807, 2.05) is 0 Å². The van der Waals surface area contributed by atoms with Crippen LogP contribution in [-0.4, -0.2) is 23.1 Å². The van der Waals surface area contributed by atoms with E-state index in [2.05, 4.69) is 56.9 Å². The third-order valence-electron chi connectivity index (χ3n) is 2.57. The van der Waals surface area contributed by atoms with Crippen molar-refractivity contribution in [2.75, 3.05) is 0 Å². The van der Waals surface area contributed by atoms with Gasteiger partial charge in [0.1, 0.15) is 0 Å². The third-order valence-corrected chi connectivity index (χ3v) is 2.57. The van der Waals surface area contributed by atoms with Crippen molar-refractivity contribution >= 4 is 0 Å². The minimum atomic E-state index is 0.215. The molecule has 1 heterocycles. The van der Waals surface area contributed by atoms with Crippen LogP contribution in [0, 0.1) is 5.41 Å². The Balaban J connectivity index is 2.72. The molecule has 3 heteroatoms. The van der Waals surface area contributed by atoms with E-state index < -0.39 is 0 Å². The van der Waals surface area contributed by atoms with E-state index in [4.69, 9.17) is 0 Å². The molecule has 0 aromatic carbocycles. The highest BCUT2D eigenvalue weighted by Crippen LogP contribution is 2.32. The van der Waals surface area contributed by atoms with Crippen LogP contribution in [0.25, 0.3) is 0 Å². The second kappa shape index (κ2) is 3.28. The molecule has 0 spiro atoms. The first-order valence-corrected chi connectivity index (χ1v) is 5.03. The summed E-state index contributed by atoms with van der Waals surface area (Å²) in [6.45, 7) is 13.2. The summed E-state index contributed by atoms with van der Waals surface area (Å²) in [5.74, 6) is 0. The van der Waals surface area contributed by atoms with Crippen LogP contribution in [0.2, 0.25) is 0 Å². The first-order valence-electron chi connectivity index (χ1n) is 5.03. The molecular formula is C10H21N3. The highest BCUT2D eigenvalue weighted by molar-refractivity contribution is 4.92. The van der Waals surface area contributed by atoms with Crippen molar-refractivity contribution in [3.63, 3.8) is 0 Å². The van der Waals surface area contributed by atoms with Gasteiger partial charge in [0.25, 0.3) is 0 Å². The van der Waals surface area contributed by atoms with Crippen molar-refractivity contribution in [2.24, 2.45) is 15.8 Å². The van der Waals surface area contributed by atoms with Gasteiger partial charge in [-0.3, -0.25) is 5.01 Å². The van der Waals surface area contributed by atoms with Crippen molar-refractivity contribution in [3.8, 4) is 0 Å². The van der Waals surface area contributed by atoms with E-state index in [0.29, 0.717) is 18.1 Å². The zero-order chi connectivity index (χ0) is 10.2. The highest BCUT2D eigenvalue weighted by Gasteiger charge is 2.37. The minimum absolute atomic E-state index is 0.215. The summed E-state index contributed by atoms with van der Waals surface area (Å²) in [5, 5.41) is 10.7. The number of hydrogen-bond donors (Lipinski definition) is 0. The Morgan fingerprint density at radius 3 is 2.00 bits per heavy atom. The Morgan fingerprint density at radius 1 is 1.23 bits per heavy atom. The SMILES string of the molecule is CC(C)N1N=NC(C(C)(C)C)C1C. The third kappa shape index (κ3) is 2.01. The quantitative estimate of drug-likeness (QED) is 0.614. The number of rotatable bonds is 1. The van der Waals surface area contributed by atoms with Gasteiger partial charge in [-0.1, -0.05) is 26.0 Å². The predicted molar refractivity (Wildman–Crippen MR) is 54.5 cm³/mol. The number of nitrogens with zero attached hydrogens (tertiary/aromatic N) is 3. The molecule has 2 unspecified atom stereocenters. The molecule has 0 aromatic rings. The van der Waals surface area contributed by atoms with Crippen LogP contribution in [-0.2, 0) is 0 Å². The molecule has 0 fully saturated rings. The van der Waals surface area contributed by atoms with Crippen LogP contribution in [0.1, 0.15) is 41.5 Å². The van der Waals surface area contributed by atoms with E-state index in [-0.39, 0.29) is 5.41 Å². The van der Waals surface area contributed by atoms with Gasteiger partial charge in [-0.05, 0) is 26.2 Å². The normalized spacial score (nSPS) is 29.0. The molecule has 0 amide bonds. The first kappa shape index (κ1) is 10.5. The van der Waals surface area contributed by atoms with Crippen molar-refractivity contribution in [1.29, 1.82) is 0 Å². The summed E-state index contributed by atoms with van der Waals surface area (Å²) in [7, 11) is 0. The summed E-state index contributed by atoms with van der Waals surface area (Å²) in [6, 6.07) is 1.21. The Bertz CT molecular complexity index is 203. The molecule has 0 aromatic heterocycles. The van der Waals surface area contributed by atoms with Crippen LogP contribution in [0.3, 0.4) is 0 Å². The Hall–Kier alpha value is -0.600. The lowest BCUT2D eigenvalue weighted by Gasteiger charge is -2.31. The van der Waals surface area contributed by atoms with Crippen molar-refractivity contribution in [3.05, 3.63) is 0 Å². The molecule has 1 aliphatic heterocycles. The average molecular weight is 183 g/mol. The maximum absolute atomic E-state index is 4.34. The fourth-order valence-corrected chi connectivity index (χ4v) is 1.91. The fraction of sp³-hybridized carbons (Fsp3) is 1.00. The average Bonchev–Trinajstić information content (AvgIpc) is 2.28. The molecule has 0 saturated carbocycles. The van der Waals surface area contributed by atoms with E-state index in [9.17, 15) is 0 Å². The molecule has 1 aliphatic rings. The molecule has 0 N–H and O–H groups in total. The Labute approximate surface area is 81.2 Å². The van der Waals surface area contributed by atoms with Crippen LogP contribution >= 0.6 is 0 Å². The van der Waals surface area contributed by atoms with Crippen LogP contribution in [0.15, 0.2) is 10.3 Å². The summed E-state index contributed by atoms with van der Waals surface area (Å²) in [4.78, 5) is 0. The lowest BCUT2D eigenvalue weighted by atomic mass is 9.83. The summed E-state index contributed by atoms with van der Waals surface area (Å²) in [6.07, 6.45) is 0. The fourth-order valence-electron chi connectivity index (χ4n) is 1.91. The summed E-state index contributed by atoms with van der Waals surface area (Å²) in [5.41, 5.74) is 0.215. The zero-order valence-corrected chi connectivity index (χ0v) is 9.57. The molecule has 0 aliphatic carbocycles. The zero-order valence-electron chi connectivity index (χ0n) is 9.57. The van der Waals surface area contributed by atoms with E-state index in [0.717, 1.165) is 0 Å². The van der Waals surface area contributed by atoms with Gasteiger partial charge in [-0.2, -0.15) is 5.11 Å². The van der Waals surface area contributed by atoms with Gasteiger partial charge in [-0.25, -0.2) is 0 Å². The van der Waals surface area contributed by atoms with Gasteiger partial charge in [0.2, 0.25) is 0 Å². The molecule has 0 saturated heterocycles.